The third-order valence-electron chi connectivity index (χ3n) is 5.77. The minimum atomic E-state index is -3.56. The maximum atomic E-state index is 13.3. The van der Waals surface area contributed by atoms with Gasteiger partial charge in [-0.3, -0.25) is 13.9 Å². The first-order valence-corrected chi connectivity index (χ1v) is 14.0. The molecule has 7 nitrogen and oxygen atoms in total. The predicted octanol–water partition coefficient (Wildman–Crippen LogP) is 4.71. The standard InChI is InChI=1S/C25H33Cl2N3O4S/c1-6-22(25(32)28-4)29(16-19-11-12-20(26)15-21(19)27)24(31)8-7-13-30(35(5,33)34)23-14-17(2)9-10-18(23)3/h9-12,14-15,22H,6-8,13,16H2,1-5H3,(H,28,32). The molecule has 2 rings (SSSR count). The van der Waals surface area contributed by atoms with Gasteiger partial charge in [0, 0.05) is 36.6 Å². The summed E-state index contributed by atoms with van der Waals surface area (Å²) in [4.78, 5) is 27.4. The maximum Gasteiger partial charge on any atom is 0.242 e. The van der Waals surface area contributed by atoms with Gasteiger partial charge in [-0.05, 0) is 61.6 Å². The van der Waals surface area contributed by atoms with Crippen LogP contribution in [-0.2, 0) is 26.2 Å². The van der Waals surface area contributed by atoms with Crippen molar-refractivity contribution in [2.24, 2.45) is 0 Å². The SMILES string of the molecule is CCC(C(=O)NC)N(Cc1ccc(Cl)cc1Cl)C(=O)CCCN(c1cc(C)ccc1C)S(C)(=O)=O. The van der Waals surface area contributed by atoms with Gasteiger partial charge in [-0.1, -0.05) is 48.3 Å². The Morgan fingerprint density at radius 1 is 1.09 bits per heavy atom. The highest BCUT2D eigenvalue weighted by atomic mass is 35.5. The number of halogens is 2. The smallest absolute Gasteiger partial charge is 0.242 e. The molecule has 1 unspecified atom stereocenters. The number of rotatable bonds is 11. The Balaban J connectivity index is 2.26. The number of likely N-dealkylation sites (N-methyl/N-ethyl adjacent to an activating group) is 1. The van der Waals surface area contributed by atoms with Gasteiger partial charge in [0.15, 0.2) is 0 Å². The Morgan fingerprint density at radius 2 is 1.77 bits per heavy atom. The number of nitrogens with one attached hydrogen (secondary N) is 1. The molecule has 35 heavy (non-hydrogen) atoms. The van der Waals surface area contributed by atoms with Gasteiger partial charge in [0.05, 0.1) is 11.9 Å². The Kier molecular flexibility index (Phi) is 10.4. The fourth-order valence-electron chi connectivity index (χ4n) is 3.89. The van der Waals surface area contributed by atoms with E-state index >= 15 is 0 Å². The number of nitrogens with zero attached hydrogens (tertiary/aromatic N) is 2. The number of aryl methyl sites for hydroxylation is 2. The Labute approximate surface area is 218 Å². The molecule has 0 heterocycles. The zero-order chi connectivity index (χ0) is 26.3. The van der Waals surface area contributed by atoms with E-state index in [1.165, 1.54) is 16.3 Å². The minimum absolute atomic E-state index is 0.0651. The highest BCUT2D eigenvalue weighted by Crippen LogP contribution is 2.26. The van der Waals surface area contributed by atoms with Crippen molar-refractivity contribution in [2.75, 3.05) is 24.2 Å². The van der Waals surface area contributed by atoms with Crippen molar-refractivity contribution in [1.29, 1.82) is 0 Å². The minimum Gasteiger partial charge on any atom is -0.357 e. The van der Waals surface area contributed by atoms with Gasteiger partial charge < -0.3 is 10.2 Å². The van der Waals surface area contributed by atoms with Gasteiger partial charge in [0.25, 0.3) is 0 Å². The molecular weight excluding hydrogens is 509 g/mol. The fourth-order valence-corrected chi connectivity index (χ4v) is 5.37. The van der Waals surface area contributed by atoms with E-state index in [4.69, 9.17) is 23.2 Å². The molecule has 10 heteroatoms. The molecule has 0 aliphatic carbocycles. The Bertz CT molecular complexity index is 1170. The van der Waals surface area contributed by atoms with Crippen LogP contribution >= 0.6 is 23.2 Å². The summed E-state index contributed by atoms with van der Waals surface area (Å²) in [6.45, 7) is 5.85. The highest BCUT2D eigenvalue weighted by Gasteiger charge is 2.29. The number of amides is 2. The van der Waals surface area contributed by atoms with E-state index in [1.807, 2.05) is 39.0 Å². The molecule has 0 aliphatic rings. The molecule has 2 amide bonds. The van der Waals surface area contributed by atoms with E-state index in [0.29, 0.717) is 27.7 Å². The largest absolute Gasteiger partial charge is 0.357 e. The van der Waals surface area contributed by atoms with Crippen LogP contribution in [0.5, 0.6) is 0 Å². The maximum absolute atomic E-state index is 13.3. The average molecular weight is 543 g/mol. The molecular formula is C25H33Cl2N3O4S. The molecule has 0 bridgehead atoms. The summed E-state index contributed by atoms with van der Waals surface area (Å²) in [5.74, 6) is -0.542. The summed E-state index contributed by atoms with van der Waals surface area (Å²) >= 11 is 12.3. The van der Waals surface area contributed by atoms with Crippen LogP contribution < -0.4 is 9.62 Å². The molecule has 0 aromatic heterocycles. The molecule has 0 saturated heterocycles. The van der Waals surface area contributed by atoms with Crippen LogP contribution in [0.4, 0.5) is 5.69 Å². The van der Waals surface area contributed by atoms with Gasteiger partial charge in [-0.25, -0.2) is 8.42 Å². The first-order chi connectivity index (χ1) is 16.4. The molecule has 1 atom stereocenters. The molecule has 0 spiro atoms. The van der Waals surface area contributed by atoms with E-state index in [9.17, 15) is 18.0 Å². The lowest BCUT2D eigenvalue weighted by atomic mass is 10.1. The van der Waals surface area contributed by atoms with Crippen molar-refractivity contribution in [3.8, 4) is 0 Å². The highest BCUT2D eigenvalue weighted by molar-refractivity contribution is 7.92. The molecule has 0 fully saturated rings. The zero-order valence-electron chi connectivity index (χ0n) is 20.8. The average Bonchev–Trinajstić information content (AvgIpc) is 2.78. The van der Waals surface area contributed by atoms with Crippen LogP contribution in [0.1, 0.15) is 42.9 Å². The fraction of sp³-hybridized carbons (Fsp3) is 0.440. The zero-order valence-corrected chi connectivity index (χ0v) is 23.1. The normalized spacial score (nSPS) is 12.2. The quantitative estimate of drug-likeness (QED) is 0.446. The number of anilines is 1. The molecule has 0 radical (unpaired) electrons. The first kappa shape index (κ1) is 28.9. The van der Waals surface area contributed by atoms with Crippen LogP contribution in [-0.4, -0.2) is 51.0 Å². The summed E-state index contributed by atoms with van der Waals surface area (Å²) in [6, 6.07) is 9.94. The molecule has 0 saturated carbocycles. The summed E-state index contributed by atoms with van der Waals surface area (Å²) in [5, 5.41) is 3.49. The summed E-state index contributed by atoms with van der Waals surface area (Å²) in [6.07, 6.45) is 1.92. The van der Waals surface area contributed by atoms with Crippen molar-refractivity contribution in [3.63, 3.8) is 0 Å². The number of carbonyl (C=O) groups excluding carboxylic acids is 2. The summed E-state index contributed by atoms with van der Waals surface area (Å²) in [7, 11) is -2.03. The van der Waals surface area contributed by atoms with Gasteiger partial charge in [-0.15, -0.1) is 0 Å². The van der Waals surface area contributed by atoms with Crippen molar-refractivity contribution >= 4 is 50.7 Å². The van der Waals surface area contributed by atoms with E-state index in [-0.39, 0.29) is 37.7 Å². The molecule has 1 N–H and O–H groups in total. The van der Waals surface area contributed by atoms with Gasteiger partial charge in [0.2, 0.25) is 21.8 Å². The van der Waals surface area contributed by atoms with Crippen LogP contribution in [0.25, 0.3) is 0 Å². The monoisotopic (exact) mass is 541 g/mol. The first-order valence-electron chi connectivity index (χ1n) is 11.4. The van der Waals surface area contributed by atoms with E-state index in [1.54, 1.807) is 18.2 Å². The van der Waals surface area contributed by atoms with Gasteiger partial charge in [0.1, 0.15) is 6.04 Å². The van der Waals surface area contributed by atoms with Crippen LogP contribution in [0, 0.1) is 13.8 Å². The molecule has 2 aromatic carbocycles. The second-order valence-corrected chi connectivity index (χ2v) is 11.3. The summed E-state index contributed by atoms with van der Waals surface area (Å²) < 4.78 is 26.4. The van der Waals surface area contributed by atoms with Crippen LogP contribution in [0.3, 0.4) is 0 Å². The number of carbonyl (C=O) groups is 2. The number of benzene rings is 2. The Morgan fingerprint density at radius 3 is 2.34 bits per heavy atom. The van der Waals surface area contributed by atoms with Crippen molar-refractivity contribution in [2.45, 2.75) is 52.6 Å². The van der Waals surface area contributed by atoms with Crippen molar-refractivity contribution < 1.29 is 18.0 Å². The Hall–Kier alpha value is -2.29. The van der Waals surface area contributed by atoms with E-state index in [2.05, 4.69) is 5.32 Å². The van der Waals surface area contributed by atoms with Gasteiger partial charge in [-0.2, -0.15) is 0 Å². The predicted molar refractivity (Wildman–Crippen MR) is 142 cm³/mol. The third kappa shape index (κ3) is 7.85. The van der Waals surface area contributed by atoms with Crippen LogP contribution in [0.15, 0.2) is 36.4 Å². The molecule has 0 aliphatic heterocycles. The number of sulfonamides is 1. The number of hydrogen-bond donors (Lipinski definition) is 1. The van der Waals surface area contributed by atoms with Crippen molar-refractivity contribution in [1.82, 2.24) is 10.2 Å². The summed E-state index contributed by atoms with van der Waals surface area (Å²) in [5.41, 5.74) is 3.04. The third-order valence-corrected chi connectivity index (χ3v) is 7.54. The number of hydrogen-bond acceptors (Lipinski definition) is 4. The van der Waals surface area contributed by atoms with E-state index < -0.39 is 16.1 Å². The van der Waals surface area contributed by atoms with Gasteiger partial charge >= 0.3 is 0 Å². The van der Waals surface area contributed by atoms with Crippen molar-refractivity contribution in [3.05, 3.63) is 63.1 Å². The second-order valence-electron chi connectivity index (χ2n) is 8.52. The topological polar surface area (TPSA) is 86.8 Å². The second kappa shape index (κ2) is 12.6. The molecule has 2 aromatic rings. The lowest BCUT2D eigenvalue weighted by Gasteiger charge is -2.31. The van der Waals surface area contributed by atoms with E-state index in [0.717, 1.165) is 17.4 Å². The lowest BCUT2D eigenvalue weighted by molar-refractivity contribution is -0.141. The van der Waals surface area contributed by atoms with Crippen LogP contribution in [0.2, 0.25) is 10.0 Å². The molecule has 192 valence electrons. The lowest BCUT2D eigenvalue weighted by Crippen LogP contribution is -2.48.